The number of allylic oxidation sites excluding steroid dienone is 2. The SMILES string of the molecule is CCCC1CCC(CCC2CCC(/C=C/CCCF)CC2)CC1. The Bertz CT molecular complexity index is 306. The minimum absolute atomic E-state index is 0.169. The summed E-state index contributed by atoms with van der Waals surface area (Å²) in [6, 6.07) is 0. The van der Waals surface area contributed by atoms with Gasteiger partial charge in [0.1, 0.15) is 0 Å². The highest BCUT2D eigenvalue weighted by molar-refractivity contribution is 4.91. The normalized spacial score (nSPS) is 32.4. The van der Waals surface area contributed by atoms with Crippen LogP contribution in [0.25, 0.3) is 0 Å². The fraction of sp³-hybridized carbons (Fsp3) is 0.909. The number of alkyl halides is 1. The van der Waals surface area contributed by atoms with Crippen molar-refractivity contribution in [2.75, 3.05) is 6.67 Å². The third-order valence-electron chi connectivity index (χ3n) is 6.45. The number of hydrogen-bond donors (Lipinski definition) is 0. The molecule has 0 heterocycles. The van der Waals surface area contributed by atoms with Gasteiger partial charge in [0.05, 0.1) is 6.67 Å². The third kappa shape index (κ3) is 7.40. The van der Waals surface area contributed by atoms with Crippen LogP contribution in [0.1, 0.15) is 96.8 Å². The Hall–Kier alpha value is -0.330. The Balaban J connectivity index is 1.54. The molecule has 134 valence electrons. The number of unbranched alkanes of at least 4 members (excludes halogenated alkanes) is 1. The van der Waals surface area contributed by atoms with E-state index in [1.807, 2.05) is 0 Å². The van der Waals surface area contributed by atoms with E-state index >= 15 is 0 Å². The lowest BCUT2D eigenvalue weighted by molar-refractivity contribution is 0.221. The van der Waals surface area contributed by atoms with Gasteiger partial charge in [-0.05, 0) is 62.2 Å². The maximum atomic E-state index is 12.1. The van der Waals surface area contributed by atoms with E-state index in [4.69, 9.17) is 0 Å². The molecule has 0 spiro atoms. The fourth-order valence-corrected chi connectivity index (χ4v) is 4.84. The van der Waals surface area contributed by atoms with Gasteiger partial charge in [-0.15, -0.1) is 0 Å². The zero-order valence-electron chi connectivity index (χ0n) is 15.4. The predicted octanol–water partition coefficient (Wildman–Crippen LogP) is 7.49. The van der Waals surface area contributed by atoms with Gasteiger partial charge in [-0.3, -0.25) is 4.39 Å². The molecule has 2 aliphatic rings. The van der Waals surface area contributed by atoms with Crippen molar-refractivity contribution in [1.82, 2.24) is 0 Å². The second-order valence-corrected chi connectivity index (χ2v) is 8.29. The molecule has 2 saturated carbocycles. The van der Waals surface area contributed by atoms with Crippen LogP contribution < -0.4 is 0 Å². The topological polar surface area (TPSA) is 0 Å². The summed E-state index contributed by atoms with van der Waals surface area (Å²) in [4.78, 5) is 0. The summed E-state index contributed by atoms with van der Waals surface area (Å²) >= 11 is 0. The van der Waals surface area contributed by atoms with Gasteiger partial charge in [0, 0.05) is 0 Å². The van der Waals surface area contributed by atoms with E-state index in [0.29, 0.717) is 6.42 Å². The average molecular weight is 323 g/mol. The van der Waals surface area contributed by atoms with Crippen LogP contribution in [0.15, 0.2) is 12.2 Å². The highest BCUT2D eigenvalue weighted by Crippen LogP contribution is 2.37. The van der Waals surface area contributed by atoms with Crippen molar-refractivity contribution in [2.24, 2.45) is 23.7 Å². The maximum Gasteiger partial charge on any atom is 0.0897 e. The van der Waals surface area contributed by atoms with Gasteiger partial charge in [-0.2, -0.15) is 0 Å². The largest absolute Gasteiger partial charge is 0.251 e. The fourth-order valence-electron chi connectivity index (χ4n) is 4.84. The molecule has 0 amide bonds. The van der Waals surface area contributed by atoms with Crippen molar-refractivity contribution in [2.45, 2.75) is 96.8 Å². The first-order chi connectivity index (χ1) is 11.3. The molecular formula is C22H39F. The van der Waals surface area contributed by atoms with Crippen LogP contribution in [-0.2, 0) is 0 Å². The van der Waals surface area contributed by atoms with Crippen LogP contribution in [0.2, 0.25) is 0 Å². The molecule has 0 radical (unpaired) electrons. The quantitative estimate of drug-likeness (QED) is 0.305. The van der Waals surface area contributed by atoms with Gasteiger partial charge in [-0.1, -0.05) is 70.4 Å². The van der Waals surface area contributed by atoms with Gasteiger partial charge in [0.2, 0.25) is 0 Å². The Morgan fingerprint density at radius 2 is 1.30 bits per heavy atom. The zero-order valence-corrected chi connectivity index (χ0v) is 15.4. The zero-order chi connectivity index (χ0) is 16.3. The molecule has 0 aliphatic heterocycles. The van der Waals surface area contributed by atoms with Crippen molar-refractivity contribution < 1.29 is 4.39 Å². The number of halogens is 1. The molecule has 0 atom stereocenters. The van der Waals surface area contributed by atoms with Crippen LogP contribution in [0.5, 0.6) is 0 Å². The van der Waals surface area contributed by atoms with Crippen LogP contribution in [0.3, 0.4) is 0 Å². The minimum Gasteiger partial charge on any atom is -0.251 e. The number of rotatable bonds is 9. The van der Waals surface area contributed by atoms with Crippen molar-refractivity contribution in [3.63, 3.8) is 0 Å². The van der Waals surface area contributed by atoms with Gasteiger partial charge < -0.3 is 0 Å². The van der Waals surface area contributed by atoms with E-state index in [0.717, 1.165) is 30.1 Å². The highest BCUT2D eigenvalue weighted by Gasteiger charge is 2.23. The summed E-state index contributed by atoms with van der Waals surface area (Å²) in [5.41, 5.74) is 0. The minimum atomic E-state index is -0.169. The summed E-state index contributed by atoms with van der Waals surface area (Å²) in [5.74, 6) is 3.88. The molecule has 0 N–H and O–H groups in total. The summed E-state index contributed by atoms with van der Waals surface area (Å²) in [6.07, 6.45) is 23.7. The summed E-state index contributed by atoms with van der Waals surface area (Å²) in [5, 5.41) is 0. The van der Waals surface area contributed by atoms with Crippen molar-refractivity contribution in [3.05, 3.63) is 12.2 Å². The van der Waals surface area contributed by atoms with Crippen LogP contribution in [0.4, 0.5) is 4.39 Å². The van der Waals surface area contributed by atoms with E-state index in [2.05, 4.69) is 19.1 Å². The number of hydrogen-bond acceptors (Lipinski definition) is 0. The molecule has 0 aromatic carbocycles. The van der Waals surface area contributed by atoms with Gasteiger partial charge in [-0.25, -0.2) is 0 Å². The molecule has 2 fully saturated rings. The summed E-state index contributed by atoms with van der Waals surface area (Å²) in [6.45, 7) is 2.16. The Morgan fingerprint density at radius 3 is 1.83 bits per heavy atom. The van der Waals surface area contributed by atoms with E-state index in [-0.39, 0.29) is 6.67 Å². The maximum absolute atomic E-state index is 12.1. The van der Waals surface area contributed by atoms with Crippen molar-refractivity contribution in [3.8, 4) is 0 Å². The Morgan fingerprint density at radius 1 is 0.783 bits per heavy atom. The first-order valence-electron chi connectivity index (χ1n) is 10.5. The molecule has 0 unspecified atom stereocenters. The molecule has 1 heteroatoms. The monoisotopic (exact) mass is 322 g/mol. The molecule has 23 heavy (non-hydrogen) atoms. The van der Waals surface area contributed by atoms with Crippen LogP contribution in [0, 0.1) is 23.7 Å². The standard InChI is InChI=1S/C22H39F/c1-2-6-19-8-12-21(13-9-19)16-17-22-14-10-20(11-15-22)7-4-3-5-18-23/h4,7,19-22H,2-3,5-6,8-18H2,1H3/b7-4+. The highest BCUT2D eigenvalue weighted by atomic mass is 19.1. The molecule has 0 aromatic heterocycles. The lowest BCUT2D eigenvalue weighted by atomic mass is 9.75. The summed E-state index contributed by atoms with van der Waals surface area (Å²) in [7, 11) is 0. The predicted molar refractivity (Wildman–Crippen MR) is 99.4 cm³/mol. The third-order valence-corrected chi connectivity index (χ3v) is 6.45. The smallest absolute Gasteiger partial charge is 0.0897 e. The lowest BCUT2D eigenvalue weighted by Crippen LogP contribution is -2.17. The Kier molecular flexibility index (Phi) is 9.31. The van der Waals surface area contributed by atoms with Crippen molar-refractivity contribution >= 4 is 0 Å². The molecule has 0 saturated heterocycles. The van der Waals surface area contributed by atoms with Gasteiger partial charge in [0.15, 0.2) is 0 Å². The lowest BCUT2D eigenvalue weighted by Gasteiger charge is -2.31. The van der Waals surface area contributed by atoms with Gasteiger partial charge in [0.25, 0.3) is 0 Å². The Labute approximate surface area is 144 Å². The molecule has 0 nitrogen and oxygen atoms in total. The molecule has 2 aliphatic carbocycles. The van der Waals surface area contributed by atoms with E-state index in [1.54, 1.807) is 0 Å². The van der Waals surface area contributed by atoms with Crippen molar-refractivity contribution in [1.29, 1.82) is 0 Å². The van der Waals surface area contributed by atoms with Gasteiger partial charge >= 0.3 is 0 Å². The molecular weight excluding hydrogens is 283 g/mol. The van der Waals surface area contributed by atoms with Crippen LogP contribution >= 0.6 is 0 Å². The first kappa shape index (κ1) is 19.0. The van der Waals surface area contributed by atoms with E-state index in [1.165, 1.54) is 77.0 Å². The second kappa shape index (κ2) is 11.3. The first-order valence-corrected chi connectivity index (χ1v) is 10.5. The average Bonchev–Trinajstić information content (AvgIpc) is 2.59. The van der Waals surface area contributed by atoms with E-state index in [9.17, 15) is 4.39 Å². The molecule has 0 bridgehead atoms. The molecule has 0 aromatic rings. The summed E-state index contributed by atoms with van der Waals surface area (Å²) < 4.78 is 12.1. The van der Waals surface area contributed by atoms with Crippen LogP contribution in [-0.4, -0.2) is 6.67 Å². The molecule has 2 rings (SSSR count). The second-order valence-electron chi connectivity index (χ2n) is 8.29. The van der Waals surface area contributed by atoms with E-state index < -0.39 is 0 Å².